The summed E-state index contributed by atoms with van der Waals surface area (Å²) in [4.78, 5) is 60.1. The molecular weight excluding hydrogens is 438 g/mol. The lowest BCUT2D eigenvalue weighted by Gasteiger charge is -2.25. The number of rotatable bonds is 12. The molecule has 13 heteroatoms. The molecule has 1 aromatic rings. The molecule has 0 saturated heterocycles. The third-order valence-corrected chi connectivity index (χ3v) is 4.51. The summed E-state index contributed by atoms with van der Waals surface area (Å²) in [5.74, 6) is -5.14. The number of aliphatic hydroxyl groups is 1. The van der Waals surface area contributed by atoms with Gasteiger partial charge in [-0.2, -0.15) is 0 Å². The fraction of sp³-hybridized carbons (Fsp3) is 0.450. The van der Waals surface area contributed by atoms with Crippen molar-refractivity contribution >= 4 is 29.6 Å². The van der Waals surface area contributed by atoms with Gasteiger partial charge in [-0.3, -0.25) is 19.2 Å². The van der Waals surface area contributed by atoms with Crippen LogP contribution in [0.25, 0.3) is 0 Å². The first-order valence-corrected chi connectivity index (χ1v) is 9.95. The maximum absolute atomic E-state index is 12.7. The van der Waals surface area contributed by atoms with Gasteiger partial charge >= 0.3 is 5.97 Å². The average molecular weight is 467 g/mol. The fourth-order valence-electron chi connectivity index (χ4n) is 2.70. The largest absolute Gasteiger partial charge is 0.508 e. The Balaban J connectivity index is 2.99. The van der Waals surface area contributed by atoms with Gasteiger partial charge in [-0.25, -0.2) is 4.79 Å². The van der Waals surface area contributed by atoms with Crippen molar-refractivity contribution in [3.05, 3.63) is 29.8 Å². The van der Waals surface area contributed by atoms with Crippen molar-refractivity contribution in [1.82, 2.24) is 16.0 Å². The zero-order valence-electron chi connectivity index (χ0n) is 18.1. The van der Waals surface area contributed by atoms with Crippen molar-refractivity contribution in [2.75, 3.05) is 0 Å². The van der Waals surface area contributed by atoms with E-state index in [1.54, 1.807) is 0 Å². The van der Waals surface area contributed by atoms with E-state index in [1.165, 1.54) is 38.1 Å². The van der Waals surface area contributed by atoms with E-state index in [-0.39, 0.29) is 12.2 Å². The maximum atomic E-state index is 12.7. The van der Waals surface area contributed by atoms with Crippen molar-refractivity contribution in [3.8, 4) is 5.75 Å². The van der Waals surface area contributed by atoms with E-state index in [0.717, 1.165) is 0 Å². The van der Waals surface area contributed by atoms with Gasteiger partial charge in [0.1, 0.15) is 23.9 Å². The number of phenols is 1. The molecule has 0 fully saturated rings. The van der Waals surface area contributed by atoms with Crippen LogP contribution in [0.5, 0.6) is 5.75 Å². The summed E-state index contributed by atoms with van der Waals surface area (Å²) in [7, 11) is 0. The molecule has 4 amide bonds. The second kappa shape index (κ2) is 12.4. The summed E-state index contributed by atoms with van der Waals surface area (Å²) in [6.07, 6.45) is -2.21. The number of primary amides is 1. The number of carbonyl (C=O) groups is 5. The normalized spacial score (nSPS) is 15.3. The average Bonchev–Trinajstić information content (AvgIpc) is 2.71. The molecule has 0 aliphatic rings. The SMILES string of the molecule is CC(N)C(=O)NC(C(=O)NC(CC(N)=O)C(=O)NC(Cc1ccc(O)cc1)C(=O)O)C(C)O. The van der Waals surface area contributed by atoms with E-state index >= 15 is 0 Å². The van der Waals surface area contributed by atoms with Crippen LogP contribution in [0.4, 0.5) is 0 Å². The standard InChI is InChI=1S/C20H29N5O8/c1-9(21)17(29)25-16(10(2)26)19(31)23-13(8-15(22)28)18(30)24-14(20(32)33)7-11-3-5-12(27)6-4-11/h3-6,9-10,13-14,16,26-27H,7-8,21H2,1-2H3,(H2,22,28)(H,23,31)(H,24,30)(H,25,29)(H,32,33). The monoisotopic (exact) mass is 467 g/mol. The number of nitrogens with two attached hydrogens (primary N) is 2. The summed E-state index contributed by atoms with van der Waals surface area (Å²) >= 11 is 0. The zero-order chi connectivity index (χ0) is 25.3. The number of hydrogen-bond acceptors (Lipinski definition) is 8. The fourth-order valence-corrected chi connectivity index (χ4v) is 2.70. The number of amides is 4. The van der Waals surface area contributed by atoms with Crippen LogP contribution in [0.15, 0.2) is 24.3 Å². The van der Waals surface area contributed by atoms with Crippen molar-refractivity contribution in [2.24, 2.45) is 11.5 Å². The highest BCUT2D eigenvalue weighted by Gasteiger charge is 2.32. The molecule has 5 unspecified atom stereocenters. The Morgan fingerprint density at radius 1 is 0.909 bits per heavy atom. The first kappa shape index (κ1) is 27.3. The number of benzene rings is 1. The van der Waals surface area contributed by atoms with E-state index in [9.17, 15) is 39.3 Å². The van der Waals surface area contributed by atoms with Crippen LogP contribution >= 0.6 is 0 Å². The van der Waals surface area contributed by atoms with E-state index < -0.39 is 66.3 Å². The van der Waals surface area contributed by atoms with Crippen LogP contribution in [-0.2, 0) is 30.4 Å². The lowest BCUT2D eigenvalue weighted by Crippen LogP contribution is -2.60. The Morgan fingerprint density at radius 3 is 1.91 bits per heavy atom. The summed E-state index contributed by atoms with van der Waals surface area (Å²) in [5.41, 5.74) is 11.1. The highest BCUT2D eigenvalue weighted by molar-refractivity contribution is 5.96. The topological polar surface area (TPSA) is 234 Å². The highest BCUT2D eigenvalue weighted by Crippen LogP contribution is 2.12. The molecule has 1 aromatic carbocycles. The molecule has 0 radical (unpaired) electrons. The number of carbonyl (C=O) groups excluding carboxylic acids is 4. The molecule has 1 rings (SSSR count). The molecule has 0 spiro atoms. The van der Waals surface area contributed by atoms with E-state index in [1.807, 2.05) is 0 Å². The number of phenolic OH excluding ortho intramolecular Hbond substituents is 1. The molecule has 182 valence electrons. The van der Waals surface area contributed by atoms with E-state index in [0.29, 0.717) is 5.56 Å². The lowest BCUT2D eigenvalue weighted by atomic mass is 10.0. The van der Waals surface area contributed by atoms with Gasteiger partial charge in [0.25, 0.3) is 0 Å². The van der Waals surface area contributed by atoms with E-state index in [4.69, 9.17) is 11.5 Å². The second-order valence-electron chi connectivity index (χ2n) is 7.52. The number of aliphatic hydroxyl groups excluding tert-OH is 1. The van der Waals surface area contributed by atoms with Gasteiger partial charge in [-0.05, 0) is 31.5 Å². The number of aromatic hydroxyl groups is 1. The zero-order valence-corrected chi connectivity index (χ0v) is 18.1. The summed E-state index contributed by atoms with van der Waals surface area (Å²) in [5, 5.41) is 35.3. The second-order valence-corrected chi connectivity index (χ2v) is 7.52. The lowest BCUT2D eigenvalue weighted by molar-refractivity contribution is -0.142. The van der Waals surface area contributed by atoms with Crippen LogP contribution in [0.2, 0.25) is 0 Å². The molecule has 0 aliphatic carbocycles. The third kappa shape index (κ3) is 9.13. The predicted molar refractivity (Wildman–Crippen MR) is 114 cm³/mol. The number of carboxylic acids is 1. The van der Waals surface area contributed by atoms with Crippen LogP contribution < -0.4 is 27.4 Å². The highest BCUT2D eigenvalue weighted by atomic mass is 16.4. The van der Waals surface area contributed by atoms with Gasteiger partial charge in [0.2, 0.25) is 23.6 Å². The van der Waals surface area contributed by atoms with Gasteiger partial charge < -0.3 is 42.7 Å². The minimum atomic E-state index is -1.58. The van der Waals surface area contributed by atoms with Gasteiger partial charge in [-0.1, -0.05) is 12.1 Å². The van der Waals surface area contributed by atoms with Crippen molar-refractivity contribution in [1.29, 1.82) is 0 Å². The van der Waals surface area contributed by atoms with Crippen molar-refractivity contribution in [3.63, 3.8) is 0 Å². The summed E-state index contributed by atoms with van der Waals surface area (Å²) < 4.78 is 0. The Labute approximate surface area is 189 Å². The molecule has 10 N–H and O–H groups in total. The Hall–Kier alpha value is -3.71. The molecular formula is C20H29N5O8. The van der Waals surface area contributed by atoms with Crippen molar-refractivity contribution < 1.29 is 39.3 Å². The molecule has 5 atom stereocenters. The molecule has 33 heavy (non-hydrogen) atoms. The maximum Gasteiger partial charge on any atom is 0.326 e. The van der Waals surface area contributed by atoms with Gasteiger partial charge in [0, 0.05) is 6.42 Å². The third-order valence-electron chi connectivity index (χ3n) is 4.51. The summed E-state index contributed by atoms with van der Waals surface area (Å²) in [6.45, 7) is 2.57. The molecule has 0 saturated carbocycles. The first-order chi connectivity index (χ1) is 15.3. The van der Waals surface area contributed by atoms with Crippen molar-refractivity contribution in [2.45, 2.75) is 57.0 Å². The van der Waals surface area contributed by atoms with Gasteiger partial charge in [0.05, 0.1) is 18.6 Å². The Bertz CT molecular complexity index is 872. The minimum Gasteiger partial charge on any atom is -0.508 e. The van der Waals surface area contributed by atoms with Gasteiger partial charge in [0.15, 0.2) is 0 Å². The Morgan fingerprint density at radius 2 is 1.45 bits per heavy atom. The first-order valence-electron chi connectivity index (χ1n) is 9.95. The van der Waals surface area contributed by atoms with E-state index in [2.05, 4.69) is 16.0 Å². The molecule has 0 heterocycles. The van der Waals surface area contributed by atoms with Crippen LogP contribution in [0, 0.1) is 0 Å². The molecule has 0 aromatic heterocycles. The summed E-state index contributed by atoms with van der Waals surface area (Å²) in [6, 6.07) is 0.129. The quantitative estimate of drug-likeness (QED) is 0.157. The predicted octanol–water partition coefficient (Wildman–Crippen LogP) is -2.92. The molecule has 0 aliphatic heterocycles. The molecule has 13 nitrogen and oxygen atoms in total. The number of aliphatic carboxylic acids is 1. The number of nitrogens with one attached hydrogen (secondary N) is 3. The van der Waals surface area contributed by atoms with Crippen LogP contribution in [0.3, 0.4) is 0 Å². The Kier molecular flexibility index (Phi) is 10.2. The molecule has 0 bridgehead atoms. The van der Waals surface area contributed by atoms with Gasteiger partial charge in [-0.15, -0.1) is 0 Å². The minimum absolute atomic E-state index is 0.0253. The van der Waals surface area contributed by atoms with Crippen LogP contribution in [-0.4, -0.2) is 75.2 Å². The number of carboxylic acid groups (broad SMARTS) is 1. The number of hydrogen-bond donors (Lipinski definition) is 8. The van der Waals surface area contributed by atoms with Crippen LogP contribution in [0.1, 0.15) is 25.8 Å². The smallest absolute Gasteiger partial charge is 0.326 e.